The third-order valence-electron chi connectivity index (χ3n) is 8.15. The number of ketones is 1. The summed E-state index contributed by atoms with van der Waals surface area (Å²) in [6, 6.07) is 17.7. The van der Waals surface area contributed by atoms with Crippen molar-refractivity contribution in [3.8, 4) is 0 Å². The summed E-state index contributed by atoms with van der Waals surface area (Å²) in [4.78, 5) is 26.0. The van der Waals surface area contributed by atoms with Gasteiger partial charge >= 0.3 is 0 Å². The van der Waals surface area contributed by atoms with E-state index < -0.39 is 12.1 Å². The summed E-state index contributed by atoms with van der Waals surface area (Å²) in [6.07, 6.45) is 0.916. The third kappa shape index (κ3) is 31.9. The fourth-order valence-electron chi connectivity index (χ4n) is 5.08. The lowest BCUT2D eigenvalue weighted by molar-refractivity contribution is -0.129. The zero-order valence-electron chi connectivity index (χ0n) is 34.6. The van der Waals surface area contributed by atoms with Gasteiger partial charge in [-0.15, -0.1) is 0 Å². The first kappa shape index (κ1) is 52.5. The normalized spacial score (nSPS) is 12.4. The van der Waals surface area contributed by atoms with Crippen molar-refractivity contribution >= 4 is 24.6 Å². The van der Waals surface area contributed by atoms with Crippen LogP contribution in [0, 0.1) is 0 Å². The molecule has 2 rings (SSSR count). The summed E-state index contributed by atoms with van der Waals surface area (Å²) < 4.78 is 64.8. The smallest absolute Gasteiger partial charge is 0.237 e. The molecule has 336 valence electrons. The average molecular weight is 857 g/mol. The van der Waals surface area contributed by atoms with Crippen LogP contribution in [-0.2, 0) is 78.7 Å². The van der Waals surface area contributed by atoms with Crippen LogP contribution in [-0.4, -0.2) is 176 Å². The number of hydrogen-bond donors (Lipinski definition) is 3. The molecule has 0 spiro atoms. The topological polar surface area (TPSA) is 183 Å². The first-order valence-corrected chi connectivity index (χ1v) is 20.7. The van der Waals surface area contributed by atoms with Gasteiger partial charge in [-0.05, 0) is 36.9 Å². The maximum atomic E-state index is 13.1. The lowest BCUT2D eigenvalue weighted by Gasteiger charge is -2.20. The van der Waals surface area contributed by atoms with Crippen LogP contribution in [0.4, 0.5) is 0 Å². The van der Waals surface area contributed by atoms with E-state index in [1.54, 1.807) is 0 Å². The number of rotatable bonds is 43. The van der Waals surface area contributed by atoms with E-state index in [-0.39, 0.29) is 24.7 Å². The first-order chi connectivity index (χ1) is 29.1. The van der Waals surface area contributed by atoms with Crippen molar-refractivity contribution in [2.75, 3.05) is 152 Å². The zero-order valence-corrected chi connectivity index (χ0v) is 35.4. The van der Waals surface area contributed by atoms with Gasteiger partial charge in [-0.25, -0.2) is 0 Å². The molecule has 0 fully saturated rings. The Hall–Kier alpha value is -2.59. The molecular formula is C42H68N2O14S. The van der Waals surface area contributed by atoms with E-state index in [1.165, 1.54) is 0 Å². The highest BCUT2D eigenvalue weighted by Crippen LogP contribution is 2.08. The van der Waals surface area contributed by atoms with Crippen molar-refractivity contribution in [1.29, 1.82) is 0 Å². The van der Waals surface area contributed by atoms with Crippen LogP contribution in [0.3, 0.4) is 0 Å². The van der Waals surface area contributed by atoms with Crippen molar-refractivity contribution in [1.82, 2.24) is 5.32 Å². The van der Waals surface area contributed by atoms with E-state index in [9.17, 15) is 9.59 Å². The van der Waals surface area contributed by atoms with Gasteiger partial charge in [0.15, 0.2) is 5.78 Å². The van der Waals surface area contributed by atoms with Crippen molar-refractivity contribution < 1.29 is 65.9 Å². The number of thiol groups is 1. The molecule has 0 heterocycles. The molecular weight excluding hydrogens is 789 g/mol. The van der Waals surface area contributed by atoms with Crippen LogP contribution in [0.5, 0.6) is 0 Å². The summed E-state index contributed by atoms with van der Waals surface area (Å²) >= 11 is 3.63. The minimum absolute atomic E-state index is 0.116. The van der Waals surface area contributed by atoms with E-state index >= 15 is 0 Å². The second-order valence-corrected chi connectivity index (χ2v) is 13.1. The summed E-state index contributed by atoms with van der Waals surface area (Å²) in [6.45, 7) is 10.5. The second-order valence-electron chi connectivity index (χ2n) is 12.8. The largest absolute Gasteiger partial charge is 0.379 e. The molecule has 17 heteroatoms. The molecule has 16 nitrogen and oxygen atoms in total. The minimum atomic E-state index is -0.765. The Morgan fingerprint density at radius 1 is 0.441 bits per heavy atom. The van der Waals surface area contributed by atoms with Gasteiger partial charge < -0.3 is 67.3 Å². The maximum Gasteiger partial charge on any atom is 0.237 e. The van der Waals surface area contributed by atoms with Gasteiger partial charge in [-0.3, -0.25) is 9.59 Å². The molecule has 2 aromatic carbocycles. The highest BCUT2D eigenvalue weighted by Gasteiger charge is 2.24. The fourth-order valence-corrected chi connectivity index (χ4v) is 5.15. The van der Waals surface area contributed by atoms with Crippen molar-refractivity contribution in [2.45, 2.75) is 31.3 Å². The Labute approximate surface area is 355 Å². The molecule has 3 N–H and O–H groups in total. The predicted molar refractivity (Wildman–Crippen MR) is 224 cm³/mol. The van der Waals surface area contributed by atoms with Crippen LogP contribution in [0.2, 0.25) is 0 Å². The quantitative estimate of drug-likeness (QED) is 0.0502. The summed E-state index contributed by atoms with van der Waals surface area (Å²) in [5, 5.41) is 2.87. The Balaban J connectivity index is 1.31. The van der Waals surface area contributed by atoms with Crippen LogP contribution in [0.25, 0.3) is 0 Å². The second kappa shape index (κ2) is 39.5. The number of carbonyl (C=O) groups excluding carboxylic acids is 2. The summed E-state index contributed by atoms with van der Waals surface area (Å²) in [5.41, 5.74) is 8.08. The van der Waals surface area contributed by atoms with Crippen molar-refractivity contribution in [3.63, 3.8) is 0 Å². The molecule has 2 aromatic rings. The van der Waals surface area contributed by atoms with Gasteiger partial charge in [0.2, 0.25) is 5.91 Å². The molecule has 0 aliphatic heterocycles. The van der Waals surface area contributed by atoms with Gasteiger partial charge in [0.1, 0.15) is 0 Å². The van der Waals surface area contributed by atoms with E-state index in [0.717, 1.165) is 11.1 Å². The lowest BCUT2D eigenvalue weighted by Crippen LogP contribution is -2.50. The Kier molecular flexibility index (Phi) is 35.2. The van der Waals surface area contributed by atoms with Crippen LogP contribution < -0.4 is 11.1 Å². The fraction of sp³-hybridized carbons (Fsp3) is 0.667. The highest BCUT2D eigenvalue weighted by molar-refractivity contribution is 7.75. The number of nitrogens with two attached hydrogens (primary N) is 1. The van der Waals surface area contributed by atoms with Crippen LogP contribution >= 0.6 is 12.9 Å². The summed E-state index contributed by atoms with van der Waals surface area (Å²) in [7, 11) is 0. The van der Waals surface area contributed by atoms with Crippen molar-refractivity contribution in [3.05, 3.63) is 71.8 Å². The van der Waals surface area contributed by atoms with Crippen molar-refractivity contribution in [2.24, 2.45) is 5.73 Å². The predicted octanol–water partition coefficient (Wildman–Crippen LogP) is 2.29. The van der Waals surface area contributed by atoms with Gasteiger partial charge in [-0.1, -0.05) is 60.7 Å². The number of Topliss-reactive ketones (excluding diaryl/α,β-unsaturated/α-hetero) is 1. The molecule has 2 atom stereocenters. The number of benzene rings is 2. The summed E-state index contributed by atoms with van der Waals surface area (Å²) in [5.74, 6) is -0.474. The zero-order chi connectivity index (χ0) is 42.1. The van der Waals surface area contributed by atoms with E-state index in [0.29, 0.717) is 158 Å². The number of carbonyl (C=O) groups is 2. The van der Waals surface area contributed by atoms with E-state index in [1.807, 2.05) is 60.7 Å². The Morgan fingerprint density at radius 3 is 1.05 bits per heavy atom. The molecule has 0 aliphatic rings. The van der Waals surface area contributed by atoms with Gasteiger partial charge in [-0.2, -0.15) is 0 Å². The Bertz CT molecular complexity index is 1240. The molecule has 0 aromatic heterocycles. The molecule has 0 aliphatic carbocycles. The molecule has 0 bridgehead atoms. The van der Waals surface area contributed by atoms with Crippen LogP contribution in [0.15, 0.2) is 60.7 Å². The molecule has 59 heavy (non-hydrogen) atoms. The molecule has 0 saturated heterocycles. The van der Waals surface area contributed by atoms with Gasteiger partial charge in [0, 0.05) is 6.42 Å². The minimum Gasteiger partial charge on any atom is -0.379 e. The maximum absolute atomic E-state index is 13.1. The number of nitrogens with one attached hydrogen (secondary N) is 1. The number of hydrogen-bond acceptors (Lipinski definition) is 16. The number of ether oxygens (including phenoxy) is 11. The SMILES string of the molecule is N[C@@H](Cc1ccccc1)C(=O)N[C@@H](Cc1ccccc1)C(=O)CCOCCOCCOCCOCCOCCOCCOCCOCCOCCOCCOCCOS. The number of amides is 1. The average Bonchev–Trinajstić information content (AvgIpc) is 3.25. The van der Waals surface area contributed by atoms with Gasteiger partial charge in [0.25, 0.3) is 0 Å². The standard InChI is InChI=1S/C42H68N2O14S/c43-39(35-37-7-3-1-4-8-37)42(46)44-40(36-38-9-5-2-6-10-38)41(45)11-12-47-13-14-48-15-16-49-17-18-50-19-20-51-21-22-52-23-24-53-25-26-54-27-28-55-29-30-56-31-32-57-33-34-58-59/h1-10,39-40,59H,11-36,43H2,(H,44,46)/t39-,40-/m0/s1. The monoisotopic (exact) mass is 856 g/mol. The van der Waals surface area contributed by atoms with E-state index in [4.69, 9.17) is 57.8 Å². The molecule has 0 unspecified atom stereocenters. The van der Waals surface area contributed by atoms with Gasteiger partial charge in [0.05, 0.1) is 164 Å². The molecule has 1 amide bonds. The Morgan fingerprint density at radius 2 is 0.729 bits per heavy atom. The van der Waals surface area contributed by atoms with Crippen LogP contribution in [0.1, 0.15) is 17.5 Å². The lowest BCUT2D eigenvalue weighted by atomic mass is 9.99. The first-order valence-electron chi connectivity index (χ1n) is 20.4. The molecule has 0 radical (unpaired) electrons. The third-order valence-corrected chi connectivity index (χ3v) is 8.34. The van der Waals surface area contributed by atoms with E-state index in [2.05, 4.69) is 22.4 Å². The molecule has 0 saturated carbocycles. The highest BCUT2D eigenvalue weighted by atomic mass is 32.1.